The van der Waals surface area contributed by atoms with E-state index in [-0.39, 0.29) is 0 Å². The van der Waals surface area contributed by atoms with Crippen molar-refractivity contribution in [2.24, 2.45) is 0 Å². The normalized spacial score (nSPS) is 18.3. The Bertz CT molecular complexity index is 77.8. The smallest absolute Gasteiger partial charge is 0.192 e. The molecule has 0 aliphatic carbocycles. The summed E-state index contributed by atoms with van der Waals surface area (Å²) >= 11 is 3.45. The summed E-state index contributed by atoms with van der Waals surface area (Å²) in [6, 6.07) is 1.52. The lowest BCUT2D eigenvalue weighted by atomic mass is 10.5. The second kappa shape index (κ2) is 1.50. The Morgan fingerprint density at radius 2 is 2.17 bits per heavy atom. The number of hydrogen-bond donors (Lipinski definition) is 2. The van der Waals surface area contributed by atoms with Gasteiger partial charge in [-0.25, -0.2) is 0 Å². The average molecular weight is 103 g/mol. The lowest BCUT2D eigenvalue weighted by Gasteiger charge is -1.99. The van der Waals surface area contributed by atoms with Crippen LogP contribution in [-0.4, -0.2) is 10.0 Å². The summed E-state index contributed by atoms with van der Waals surface area (Å²) in [6.45, 7) is 1.30. The molecule has 0 aromatic rings. The molecule has 0 aliphatic heterocycles. The predicted molar refractivity (Wildman–Crippen MR) is 25.2 cm³/mol. The molecule has 1 N–H and O–H groups in total. The number of nitrogens with zero attached hydrogens (tertiary/aromatic N) is 1. The fourth-order valence-electron chi connectivity index (χ4n) is 0. The van der Waals surface area contributed by atoms with Gasteiger partial charge in [0.15, 0.2) is 4.93 Å². The maximum atomic E-state index is 8.33. The van der Waals surface area contributed by atoms with Gasteiger partial charge in [0, 0.05) is 0 Å². The zero-order valence-corrected chi connectivity index (χ0v) is 4.24. The highest BCUT2D eigenvalue weighted by Gasteiger charge is 2.08. The van der Waals surface area contributed by atoms with Gasteiger partial charge >= 0.3 is 0 Å². The quantitative estimate of drug-likeness (QED) is 0.260. The third-order valence-electron chi connectivity index (χ3n) is 0.212. The van der Waals surface area contributed by atoms with Crippen molar-refractivity contribution in [3.63, 3.8) is 0 Å². The van der Waals surface area contributed by atoms with Gasteiger partial charge in [-0.1, -0.05) is 0 Å². The Morgan fingerprint density at radius 3 is 2.17 bits per heavy atom. The molecule has 6 heavy (non-hydrogen) atoms. The number of nitriles is 1. The molecule has 0 saturated carbocycles. The number of rotatable bonds is 0. The molecule has 2 nitrogen and oxygen atoms in total. The van der Waals surface area contributed by atoms with Crippen LogP contribution in [0.15, 0.2) is 0 Å². The van der Waals surface area contributed by atoms with E-state index in [1.54, 1.807) is 0 Å². The van der Waals surface area contributed by atoms with Crippen LogP contribution in [0.2, 0.25) is 0 Å². The molecule has 0 spiro atoms. The van der Waals surface area contributed by atoms with Crippen LogP contribution in [0.3, 0.4) is 0 Å². The second-order valence-electron chi connectivity index (χ2n) is 1.13. The van der Waals surface area contributed by atoms with Gasteiger partial charge in [-0.2, -0.15) is 5.26 Å². The van der Waals surface area contributed by atoms with Gasteiger partial charge in [0.25, 0.3) is 0 Å². The second-order valence-corrected chi connectivity index (χ2v) is 2.00. The van der Waals surface area contributed by atoms with Crippen molar-refractivity contribution in [2.45, 2.75) is 11.9 Å². The van der Waals surface area contributed by atoms with Crippen LogP contribution in [0.1, 0.15) is 6.92 Å². The molecule has 0 aromatic heterocycles. The maximum absolute atomic E-state index is 8.33. The van der Waals surface area contributed by atoms with Crippen molar-refractivity contribution < 1.29 is 5.11 Å². The van der Waals surface area contributed by atoms with Crippen LogP contribution in [0.25, 0.3) is 0 Å². The molecule has 0 rings (SSSR count). The molecule has 0 fully saturated rings. The minimum Gasteiger partial charge on any atom is -0.367 e. The fourth-order valence-corrected chi connectivity index (χ4v) is 0. The molecule has 0 aromatic carbocycles. The van der Waals surface area contributed by atoms with Crippen molar-refractivity contribution >= 4 is 12.6 Å². The monoisotopic (exact) mass is 103 g/mol. The maximum Gasteiger partial charge on any atom is 0.192 e. The van der Waals surface area contributed by atoms with Crippen LogP contribution >= 0.6 is 12.6 Å². The van der Waals surface area contributed by atoms with Crippen LogP contribution in [-0.2, 0) is 0 Å². The number of aliphatic hydroxyl groups is 1. The highest BCUT2D eigenvalue weighted by Crippen LogP contribution is 2.03. The van der Waals surface area contributed by atoms with Crippen molar-refractivity contribution in [3.8, 4) is 6.07 Å². The largest absolute Gasteiger partial charge is 0.367 e. The molecule has 1 atom stereocenters. The van der Waals surface area contributed by atoms with Gasteiger partial charge in [0.2, 0.25) is 0 Å². The molecule has 0 amide bonds. The van der Waals surface area contributed by atoms with Gasteiger partial charge in [-0.3, -0.25) is 0 Å². The van der Waals surface area contributed by atoms with E-state index in [9.17, 15) is 0 Å². The van der Waals surface area contributed by atoms with Gasteiger partial charge in [-0.15, -0.1) is 12.6 Å². The van der Waals surface area contributed by atoms with Gasteiger partial charge < -0.3 is 5.11 Å². The minimum absolute atomic E-state index is 1.30. The first-order valence-electron chi connectivity index (χ1n) is 1.42. The Hall–Kier alpha value is -0.200. The van der Waals surface area contributed by atoms with Crippen molar-refractivity contribution in [3.05, 3.63) is 0 Å². The Labute approximate surface area is 41.8 Å². The topological polar surface area (TPSA) is 44.0 Å². The molecule has 3 heteroatoms. The van der Waals surface area contributed by atoms with Crippen LogP contribution in [0, 0.1) is 11.3 Å². The zero-order chi connectivity index (χ0) is 5.21. The lowest BCUT2D eigenvalue weighted by Crippen LogP contribution is -2.09. The summed E-state index contributed by atoms with van der Waals surface area (Å²) in [5.74, 6) is 0. The minimum atomic E-state index is -1.46. The molecule has 0 bridgehead atoms. The van der Waals surface area contributed by atoms with Crippen LogP contribution < -0.4 is 0 Å². The first-order valence-corrected chi connectivity index (χ1v) is 1.87. The summed E-state index contributed by atoms with van der Waals surface area (Å²) < 4.78 is 0. The van der Waals surface area contributed by atoms with Gasteiger partial charge in [0.1, 0.15) is 6.07 Å². The van der Waals surface area contributed by atoms with Crippen molar-refractivity contribution in [2.75, 3.05) is 0 Å². The van der Waals surface area contributed by atoms with Crippen LogP contribution in [0.5, 0.6) is 0 Å². The average Bonchev–Trinajstić information content (AvgIpc) is 1.35. The van der Waals surface area contributed by atoms with Gasteiger partial charge in [-0.05, 0) is 6.92 Å². The SMILES string of the molecule is CC(O)(S)C#N. The molecule has 0 radical (unpaired) electrons. The van der Waals surface area contributed by atoms with E-state index < -0.39 is 4.93 Å². The highest BCUT2D eigenvalue weighted by molar-refractivity contribution is 7.81. The summed E-state index contributed by atoms with van der Waals surface area (Å²) in [5, 5.41) is 16.2. The van der Waals surface area contributed by atoms with E-state index in [2.05, 4.69) is 12.6 Å². The third kappa shape index (κ3) is 3.80. The third-order valence-corrected chi connectivity index (χ3v) is 0.312. The molecule has 1 unspecified atom stereocenters. The molecule has 0 saturated heterocycles. The van der Waals surface area contributed by atoms with E-state index in [0.717, 1.165) is 0 Å². The zero-order valence-electron chi connectivity index (χ0n) is 3.34. The Balaban J connectivity index is 3.55. The molecular weight excluding hydrogens is 98.1 g/mol. The molecule has 34 valence electrons. The first-order chi connectivity index (χ1) is 2.56. The summed E-state index contributed by atoms with van der Waals surface area (Å²) in [7, 11) is 0. The van der Waals surface area contributed by atoms with E-state index in [1.807, 2.05) is 0 Å². The first kappa shape index (κ1) is 5.80. The van der Waals surface area contributed by atoms with E-state index >= 15 is 0 Å². The molecule has 0 heterocycles. The van der Waals surface area contributed by atoms with Gasteiger partial charge in [0.05, 0.1) is 0 Å². The molecular formula is C3H5NOS. The van der Waals surface area contributed by atoms with E-state index in [4.69, 9.17) is 10.4 Å². The molecule has 0 aliphatic rings. The standard InChI is InChI=1S/C3H5NOS/c1-3(5,6)2-4/h5-6H,1H3. The van der Waals surface area contributed by atoms with E-state index in [1.165, 1.54) is 13.0 Å². The fraction of sp³-hybridized carbons (Fsp3) is 0.667. The highest BCUT2D eigenvalue weighted by atomic mass is 32.1. The predicted octanol–water partition coefficient (Wildman–Crippen LogP) is 0.148. The number of hydrogen-bond acceptors (Lipinski definition) is 3. The lowest BCUT2D eigenvalue weighted by molar-refractivity contribution is 0.219. The van der Waals surface area contributed by atoms with Crippen molar-refractivity contribution in [1.82, 2.24) is 0 Å². The van der Waals surface area contributed by atoms with Crippen LogP contribution in [0.4, 0.5) is 0 Å². The summed E-state index contributed by atoms with van der Waals surface area (Å²) in [4.78, 5) is -1.46. The summed E-state index contributed by atoms with van der Waals surface area (Å²) in [6.07, 6.45) is 0. The Kier molecular flexibility index (Phi) is 1.45. The Morgan fingerprint density at radius 1 is 2.00 bits per heavy atom. The summed E-state index contributed by atoms with van der Waals surface area (Å²) in [5.41, 5.74) is 0. The van der Waals surface area contributed by atoms with E-state index in [0.29, 0.717) is 0 Å². The van der Waals surface area contributed by atoms with Crippen molar-refractivity contribution in [1.29, 1.82) is 5.26 Å². The number of thiol groups is 1.